The third-order valence-electron chi connectivity index (χ3n) is 4.53. The average molecular weight is 272 g/mol. The van der Waals surface area contributed by atoms with Crippen LogP contribution in [0.1, 0.15) is 53.4 Å². The molecule has 3 heteroatoms. The molecule has 1 heterocycles. The van der Waals surface area contributed by atoms with Crippen LogP contribution in [0.15, 0.2) is 0 Å². The average Bonchev–Trinajstić information content (AvgIpc) is 2.60. The van der Waals surface area contributed by atoms with E-state index in [0.29, 0.717) is 0 Å². The van der Waals surface area contributed by atoms with Crippen LogP contribution >= 0.6 is 0 Å². The first-order valence-corrected chi connectivity index (χ1v) is 13.2. The molecule has 0 atom stereocenters. The number of rotatable bonds is 8. The van der Waals surface area contributed by atoms with Gasteiger partial charge in [-0.2, -0.15) is 0 Å². The Hall–Kier alpha value is 0.394. The molecule has 1 N–H and O–H groups in total. The van der Waals surface area contributed by atoms with Crippen LogP contribution in [-0.2, 0) is 0 Å². The zero-order chi connectivity index (χ0) is 12.8. The van der Waals surface area contributed by atoms with Crippen LogP contribution in [0.5, 0.6) is 0 Å². The summed E-state index contributed by atoms with van der Waals surface area (Å²) in [6, 6.07) is 9.40. The molecule has 1 nitrogen and oxygen atoms in total. The molecule has 0 saturated carbocycles. The number of nitrogens with one attached hydrogen (secondary N) is 1. The third kappa shape index (κ3) is 3.93. The molecule has 1 rings (SSSR count). The van der Waals surface area contributed by atoms with E-state index in [0.717, 1.165) is 0 Å². The molecule has 0 aromatic rings. The van der Waals surface area contributed by atoms with Crippen molar-refractivity contribution in [3.05, 3.63) is 0 Å². The van der Waals surface area contributed by atoms with E-state index < -0.39 is 16.5 Å². The Balaban J connectivity index is 2.72. The van der Waals surface area contributed by atoms with Crippen LogP contribution in [0.3, 0.4) is 0 Å². The lowest BCUT2D eigenvalue weighted by molar-refractivity contribution is 0.930. The van der Waals surface area contributed by atoms with Gasteiger partial charge in [0.25, 0.3) is 0 Å². The van der Waals surface area contributed by atoms with Crippen molar-refractivity contribution in [3.63, 3.8) is 0 Å². The summed E-state index contributed by atoms with van der Waals surface area (Å²) in [6.07, 6.45) is 5.62. The Morgan fingerprint density at radius 2 is 0.941 bits per heavy atom. The van der Waals surface area contributed by atoms with E-state index in [9.17, 15) is 0 Å². The molecule has 0 aromatic heterocycles. The van der Waals surface area contributed by atoms with E-state index in [1.54, 1.807) is 36.3 Å². The van der Waals surface area contributed by atoms with Crippen molar-refractivity contribution in [1.82, 2.24) is 4.65 Å². The lowest BCUT2D eigenvalue weighted by Gasteiger charge is -2.34. The summed E-state index contributed by atoms with van der Waals surface area (Å²) < 4.78 is 4.40. The maximum Gasteiger partial charge on any atom is 0.118 e. The minimum absolute atomic E-state index is 1.03. The summed E-state index contributed by atoms with van der Waals surface area (Å²) in [5.41, 5.74) is 0. The lowest BCUT2D eigenvalue weighted by Crippen LogP contribution is -2.57. The second kappa shape index (κ2) is 7.10. The summed E-state index contributed by atoms with van der Waals surface area (Å²) >= 11 is 0. The predicted octanol–water partition coefficient (Wildman–Crippen LogP) is 5.12. The van der Waals surface area contributed by atoms with Crippen LogP contribution in [0, 0.1) is 0 Å². The maximum absolute atomic E-state index is 4.40. The SMILES string of the molecule is CCC[Si]1(CCC)CC[Si](CCC)(CCC)N1. The van der Waals surface area contributed by atoms with Gasteiger partial charge in [0, 0.05) is 0 Å². The molecule has 0 radical (unpaired) electrons. The molecule has 0 bridgehead atoms. The monoisotopic (exact) mass is 271 g/mol. The lowest BCUT2D eigenvalue weighted by atomic mass is 10.6. The van der Waals surface area contributed by atoms with Crippen molar-refractivity contribution in [2.24, 2.45) is 0 Å². The molecule has 0 aromatic carbocycles. The zero-order valence-corrected chi connectivity index (χ0v) is 14.6. The first kappa shape index (κ1) is 15.5. The van der Waals surface area contributed by atoms with Gasteiger partial charge in [-0.15, -0.1) is 0 Å². The van der Waals surface area contributed by atoms with E-state index in [1.807, 2.05) is 0 Å². The zero-order valence-electron chi connectivity index (χ0n) is 12.6. The summed E-state index contributed by atoms with van der Waals surface area (Å²) in [5, 5.41) is 0. The molecular formula is C14H33NSi2. The summed E-state index contributed by atoms with van der Waals surface area (Å²) in [5.74, 6) is 0. The van der Waals surface area contributed by atoms with Crippen LogP contribution < -0.4 is 4.65 Å². The normalized spacial score (nSPS) is 21.9. The van der Waals surface area contributed by atoms with Gasteiger partial charge in [0.1, 0.15) is 16.5 Å². The summed E-state index contributed by atoms with van der Waals surface area (Å²) in [7, 11) is -2.06. The molecule has 0 unspecified atom stereocenters. The predicted molar refractivity (Wildman–Crippen MR) is 84.6 cm³/mol. The molecule has 0 aliphatic carbocycles. The Morgan fingerprint density at radius 3 is 1.18 bits per heavy atom. The van der Waals surface area contributed by atoms with Gasteiger partial charge in [0.15, 0.2) is 0 Å². The van der Waals surface area contributed by atoms with E-state index >= 15 is 0 Å². The van der Waals surface area contributed by atoms with Crippen LogP contribution in [0.4, 0.5) is 0 Å². The quantitative estimate of drug-likeness (QED) is 0.604. The van der Waals surface area contributed by atoms with Crippen molar-refractivity contribution in [2.45, 2.75) is 89.6 Å². The summed E-state index contributed by atoms with van der Waals surface area (Å²) in [4.78, 5) is 0. The van der Waals surface area contributed by atoms with Gasteiger partial charge in [-0.05, 0) is 36.3 Å². The highest BCUT2D eigenvalue weighted by molar-refractivity contribution is 6.97. The Labute approximate surface area is 111 Å². The molecule has 102 valence electrons. The van der Waals surface area contributed by atoms with Crippen molar-refractivity contribution in [2.75, 3.05) is 0 Å². The highest BCUT2D eigenvalue weighted by Crippen LogP contribution is 2.39. The van der Waals surface area contributed by atoms with Gasteiger partial charge in [0.05, 0.1) is 0 Å². The largest absolute Gasteiger partial charge is 0.359 e. The van der Waals surface area contributed by atoms with E-state index in [-0.39, 0.29) is 0 Å². The molecule has 1 saturated heterocycles. The minimum Gasteiger partial charge on any atom is -0.359 e. The summed E-state index contributed by atoms with van der Waals surface area (Å²) in [6.45, 7) is 9.53. The second-order valence-corrected chi connectivity index (χ2v) is 15.3. The van der Waals surface area contributed by atoms with Crippen LogP contribution in [0.2, 0.25) is 36.3 Å². The van der Waals surface area contributed by atoms with Crippen LogP contribution in [-0.4, -0.2) is 16.5 Å². The van der Waals surface area contributed by atoms with E-state index in [1.165, 1.54) is 25.7 Å². The number of hydrogen-bond acceptors (Lipinski definition) is 1. The van der Waals surface area contributed by atoms with Crippen molar-refractivity contribution in [3.8, 4) is 0 Å². The highest BCUT2D eigenvalue weighted by Gasteiger charge is 2.47. The van der Waals surface area contributed by atoms with Gasteiger partial charge in [0.2, 0.25) is 0 Å². The van der Waals surface area contributed by atoms with Gasteiger partial charge in [-0.1, -0.05) is 53.4 Å². The number of hydrogen-bond donors (Lipinski definition) is 1. The fourth-order valence-corrected chi connectivity index (χ4v) is 20.7. The Bertz CT molecular complexity index is 184. The van der Waals surface area contributed by atoms with Crippen molar-refractivity contribution < 1.29 is 0 Å². The topological polar surface area (TPSA) is 12.0 Å². The molecule has 17 heavy (non-hydrogen) atoms. The third-order valence-corrected chi connectivity index (χ3v) is 17.5. The van der Waals surface area contributed by atoms with Gasteiger partial charge >= 0.3 is 0 Å². The fourth-order valence-electron chi connectivity index (χ4n) is 4.08. The second-order valence-electron chi connectivity index (χ2n) is 6.19. The smallest absolute Gasteiger partial charge is 0.118 e. The molecule has 1 aliphatic rings. The molecule has 0 spiro atoms. The van der Waals surface area contributed by atoms with Gasteiger partial charge in [-0.25, -0.2) is 0 Å². The minimum atomic E-state index is -1.03. The molecule has 0 amide bonds. The van der Waals surface area contributed by atoms with Crippen molar-refractivity contribution >= 4 is 16.5 Å². The Kier molecular flexibility index (Phi) is 6.45. The van der Waals surface area contributed by atoms with Crippen LogP contribution in [0.25, 0.3) is 0 Å². The van der Waals surface area contributed by atoms with E-state index in [2.05, 4.69) is 32.3 Å². The first-order valence-electron chi connectivity index (χ1n) is 7.95. The van der Waals surface area contributed by atoms with E-state index in [4.69, 9.17) is 0 Å². The Morgan fingerprint density at radius 1 is 0.647 bits per heavy atom. The standard InChI is InChI=1S/C14H33NSi2/c1-5-9-16(10-6-2)13-14-17(15-16,11-7-3)12-8-4/h15H,5-14H2,1-4H3. The molecular weight excluding hydrogens is 238 g/mol. The molecule has 1 fully saturated rings. The molecule has 1 aliphatic heterocycles. The van der Waals surface area contributed by atoms with Crippen molar-refractivity contribution in [1.29, 1.82) is 0 Å². The van der Waals surface area contributed by atoms with Gasteiger partial charge in [-0.3, -0.25) is 0 Å². The highest BCUT2D eigenvalue weighted by atomic mass is 28.4. The van der Waals surface area contributed by atoms with Gasteiger partial charge < -0.3 is 4.65 Å². The maximum atomic E-state index is 4.40. The fraction of sp³-hybridized carbons (Fsp3) is 1.00. The first-order chi connectivity index (χ1) is 8.16.